The number of halogens is 1. The highest BCUT2D eigenvalue weighted by molar-refractivity contribution is 9.12. The molecule has 0 aliphatic carbocycles. The van der Waals surface area contributed by atoms with E-state index >= 15 is 0 Å². The Balaban J connectivity index is 2.58. The van der Waals surface area contributed by atoms with Gasteiger partial charge in [0.25, 0.3) is 5.91 Å². The molecule has 0 radical (unpaired) electrons. The van der Waals surface area contributed by atoms with E-state index in [4.69, 9.17) is 0 Å². The lowest BCUT2D eigenvalue weighted by atomic mass is 9.98. The zero-order chi connectivity index (χ0) is 11.3. The van der Waals surface area contributed by atoms with Crippen LogP contribution in [0.3, 0.4) is 0 Å². The fourth-order valence-electron chi connectivity index (χ4n) is 1.64. The number of piperidine rings is 1. The number of carbonyl (C=O) groups excluding carboxylic acids is 2. The SMILES string of the molecule is COC(=O)C1CCCN(C(=O)C#CBr)C1. The first-order valence-corrected chi connectivity index (χ1v) is 5.46. The Morgan fingerprint density at radius 1 is 1.53 bits per heavy atom. The maximum Gasteiger partial charge on any atom is 0.310 e. The highest BCUT2D eigenvalue weighted by Gasteiger charge is 2.28. The Hall–Kier alpha value is -1.02. The number of ether oxygens (including phenoxy) is 1. The molecule has 1 atom stereocenters. The molecule has 1 rings (SSSR count). The predicted molar refractivity (Wildman–Crippen MR) is 58.0 cm³/mol. The first-order chi connectivity index (χ1) is 7.19. The summed E-state index contributed by atoms with van der Waals surface area (Å²) in [6, 6.07) is 0. The van der Waals surface area contributed by atoms with Gasteiger partial charge in [0.2, 0.25) is 0 Å². The largest absolute Gasteiger partial charge is 0.469 e. The molecule has 0 saturated carbocycles. The summed E-state index contributed by atoms with van der Waals surface area (Å²) in [6.07, 6.45) is 1.59. The van der Waals surface area contributed by atoms with Crippen LogP contribution in [0.1, 0.15) is 12.8 Å². The van der Waals surface area contributed by atoms with Crippen molar-refractivity contribution in [2.24, 2.45) is 5.92 Å². The topological polar surface area (TPSA) is 46.6 Å². The van der Waals surface area contributed by atoms with E-state index in [0.717, 1.165) is 12.8 Å². The Bertz CT molecular complexity index is 318. The minimum absolute atomic E-state index is 0.204. The first kappa shape index (κ1) is 12.1. The third-order valence-corrected chi connectivity index (χ3v) is 2.60. The highest BCUT2D eigenvalue weighted by Crippen LogP contribution is 2.17. The van der Waals surface area contributed by atoms with E-state index in [2.05, 4.69) is 31.4 Å². The van der Waals surface area contributed by atoms with Crippen molar-refractivity contribution in [2.45, 2.75) is 12.8 Å². The lowest BCUT2D eigenvalue weighted by Crippen LogP contribution is -2.42. The van der Waals surface area contributed by atoms with Gasteiger partial charge < -0.3 is 9.64 Å². The third kappa shape index (κ3) is 3.24. The molecule has 1 amide bonds. The molecule has 5 heteroatoms. The molecule has 15 heavy (non-hydrogen) atoms. The molecular formula is C10H12BrNO3. The summed E-state index contributed by atoms with van der Waals surface area (Å²) < 4.78 is 4.66. The maximum absolute atomic E-state index is 11.4. The molecule has 0 spiro atoms. The van der Waals surface area contributed by atoms with Gasteiger partial charge in [-0.15, -0.1) is 0 Å². The summed E-state index contributed by atoms with van der Waals surface area (Å²) in [7, 11) is 1.36. The van der Waals surface area contributed by atoms with E-state index in [-0.39, 0.29) is 17.8 Å². The number of hydrogen-bond acceptors (Lipinski definition) is 3. The maximum atomic E-state index is 11.4. The van der Waals surface area contributed by atoms with Gasteiger partial charge in [-0.05, 0) is 17.7 Å². The standard InChI is InChI=1S/C10H12BrNO3/c1-15-10(14)8-3-2-6-12(7-8)9(13)4-5-11/h8H,2-3,6-7H2,1H3. The summed E-state index contributed by atoms with van der Waals surface area (Å²) in [5.74, 6) is 1.69. The molecular weight excluding hydrogens is 262 g/mol. The summed E-state index contributed by atoms with van der Waals surface area (Å²) in [5, 5.41) is 0. The summed E-state index contributed by atoms with van der Waals surface area (Å²) >= 11 is 2.87. The van der Waals surface area contributed by atoms with Crippen molar-refractivity contribution in [3.05, 3.63) is 0 Å². The van der Waals surface area contributed by atoms with Crippen LogP contribution >= 0.6 is 15.9 Å². The van der Waals surface area contributed by atoms with E-state index in [9.17, 15) is 9.59 Å². The van der Waals surface area contributed by atoms with Crippen molar-refractivity contribution in [1.82, 2.24) is 4.90 Å². The zero-order valence-corrected chi connectivity index (χ0v) is 10.0. The van der Waals surface area contributed by atoms with Crippen molar-refractivity contribution < 1.29 is 14.3 Å². The van der Waals surface area contributed by atoms with Crippen molar-refractivity contribution >= 4 is 27.8 Å². The Morgan fingerprint density at radius 2 is 2.27 bits per heavy atom. The molecule has 1 heterocycles. The van der Waals surface area contributed by atoms with Gasteiger partial charge in [0.15, 0.2) is 0 Å². The van der Waals surface area contributed by atoms with Crippen LogP contribution < -0.4 is 0 Å². The molecule has 0 bridgehead atoms. The number of hydrogen-bond donors (Lipinski definition) is 0. The first-order valence-electron chi connectivity index (χ1n) is 4.67. The average molecular weight is 274 g/mol. The zero-order valence-electron chi connectivity index (χ0n) is 8.46. The Labute approximate surface area is 97.1 Å². The van der Waals surface area contributed by atoms with Gasteiger partial charge >= 0.3 is 5.97 Å². The van der Waals surface area contributed by atoms with Crippen LogP contribution in [0.2, 0.25) is 0 Å². The summed E-state index contributed by atoms with van der Waals surface area (Å²) in [6.45, 7) is 1.07. The van der Waals surface area contributed by atoms with Crippen LogP contribution in [0.5, 0.6) is 0 Å². The smallest absolute Gasteiger partial charge is 0.310 e. The summed E-state index contributed by atoms with van der Waals surface area (Å²) in [4.78, 5) is 26.7. The van der Waals surface area contributed by atoms with E-state index in [1.165, 1.54) is 7.11 Å². The number of methoxy groups -OCH3 is 1. The van der Waals surface area contributed by atoms with Crippen molar-refractivity contribution in [3.8, 4) is 10.8 Å². The second kappa shape index (κ2) is 5.76. The minimum Gasteiger partial charge on any atom is -0.469 e. The number of nitrogens with zero attached hydrogens (tertiary/aromatic N) is 1. The Kier molecular flexibility index (Phi) is 4.63. The number of carbonyl (C=O) groups is 2. The molecule has 1 fully saturated rings. The van der Waals surface area contributed by atoms with E-state index in [1.54, 1.807) is 4.90 Å². The van der Waals surface area contributed by atoms with Gasteiger partial charge in [0, 0.05) is 34.9 Å². The molecule has 0 aromatic carbocycles. The van der Waals surface area contributed by atoms with Gasteiger partial charge in [0.05, 0.1) is 13.0 Å². The van der Waals surface area contributed by atoms with Gasteiger partial charge in [-0.3, -0.25) is 9.59 Å². The van der Waals surface area contributed by atoms with Gasteiger partial charge in [0.1, 0.15) is 0 Å². The van der Waals surface area contributed by atoms with Crippen molar-refractivity contribution in [3.63, 3.8) is 0 Å². The van der Waals surface area contributed by atoms with E-state index in [1.807, 2.05) is 0 Å². The molecule has 1 unspecified atom stereocenters. The summed E-state index contributed by atoms with van der Waals surface area (Å²) in [5.41, 5.74) is 0. The van der Waals surface area contributed by atoms with Crippen LogP contribution in [0.4, 0.5) is 0 Å². The van der Waals surface area contributed by atoms with Crippen LogP contribution in [-0.4, -0.2) is 37.0 Å². The van der Waals surface area contributed by atoms with Gasteiger partial charge in [-0.1, -0.05) is 0 Å². The molecule has 1 aliphatic rings. The number of rotatable bonds is 1. The van der Waals surface area contributed by atoms with Crippen LogP contribution in [0.25, 0.3) is 0 Å². The van der Waals surface area contributed by atoms with Crippen molar-refractivity contribution in [1.29, 1.82) is 0 Å². The molecule has 0 aromatic rings. The lowest BCUT2D eigenvalue weighted by Gasteiger charge is -2.29. The molecule has 4 nitrogen and oxygen atoms in total. The monoisotopic (exact) mass is 273 g/mol. The fourth-order valence-corrected chi connectivity index (χ4v) is 1.81. The third-order valence-electron chi connectivity index (χ3n) is 2.40. The van der Waals surface area contributed by atoms with Gasteiger partial charge in [-0.25, -0.2) is 0 Å². The average Bonchev–Trinajstić information content (AvgIpc) is 2.28. The van der Waals surface area contributed by atoms with E-state index in [0.29, 0.717) is 13.1 Å². The van der Waals surface area contributed by atoms with Crippen molar-refractivity contribution in [2.75, 3.05) is 20.2 Å². The number of esters is 1. The second-order valence-corrected chi connectivity index (χ2v) is 3.73. The predicted octanol–water partition coefficient (Wildman–Crippen LogP) is 0.754. The quantitative estimate of drug-likeness (QED) is 0.523. The highest BCUT2D eigenvalue weighted by atomic mass is 79.9. The number of amides is 1. The van der Waals surface area contributed by atoms with Crippen LogP contribution in [0.15, 0.2) is 0 Å². The second-order valence-electron chi connectivity index (χ2n) is 3.33. The van der Waals surface area contributed by atoms with E-state index < -0.39 is 0 Å². The molecule has 1 saturated heterocycles. The number of likely N-dealkylation sites (tertiary alicyclic amines) is 1. The van der Waals surface area contributed by atoms with Crippen LogP contribution in [0, 0.1) is 16.7 Å². The molecule has 0 aromatic heterocycles. The normalized spacial score (nSPS) is 20.1. The molecule has 82 valence electrons. The van der Waals surface area contributed by atoms with Gasteiger partial charge in [-0.2, -0.15) is 0 Å². The lowest BCUT2D eigenvalue weighted by molar-refractivity contribution is -0.148. The molecule has 0 N–H and O–H groups in total. The Morgan fingerprint density at radius 3 is 2.87 bits per heavy atom. The van der Waals surface area contributed by atoms with Crippen LogP contribution in [-0.2, 0) is 14.3 Å². The molecule has 1 aliphatic heterocycles. The minimum atomic E-state index is -0.251. The fraction of sp³-hybridized carbons (Fsp3) is 0.600.